The molecule has 7 heteroatoms. The van der Waals surface area contributed by atoms with E-state index in [1.54, 1.807) is 6.07 Å². The van der Waals surface area contributed by atoms with Crippen LogP contribution in [0.1, 0.15) is 12.5 Å². The van der Waals surface area contributed by atoms with Crippen molar-refractivity contribution in [2.24, 2.45) is 0 Å². The molecular weight excluding hydrogens is 382 g/mol. The molecule has 0 aliphatic heterocycles. The SMILES string of the molecule is CCc1ccc(-c2ccc(-c3cc(F)c(OC(F)(F)F)c(F)c3)c(F)c2)cc1. The summed E-state index contributed by atoms with van der Waals surface area (Å²) in [6.45, 7) is 2.01. The molecule has 146 valence electrons. The van der Waals surface area contributed by atoms with Gasteiger partial charge in [-0.1, -0.05) is 43.3 Å². The Bertz CT molecular complexity index is 970. The van der Waals surface area contributed by atoms with Crippen molar-refractivity contribution < 1.29 is 31.1 Å². The third-order valence-corrected chi connectivity index (χ3v) is 4.19. The van der Waals surface area contributed by atoms with E-state index in [0.717, 1.165) is 17.5 Å². The van der Waals surface area contributed by atoms with E-state index in [1.165, 1.54) is 12.1 Å². The zero-order chi connectivity index (χ0) is 20.5. The van der Waals surface area contributed by atoms with Gasteiger partial charge < -0.3 is 4.74 Å². The summed E-state index contributed by atoms with van der Waals surface area (Å²) in [5.41, 5.74) is 2.05. The minimum absolute atomic E-state index is 0.148. The van der Waals surface area contributed by atoms with Gasteiger partial charge in [-0.3, -0.25) is 0 Å². The predicted octanol–water partition coefficient (Wildman–Crippen LogP) is 6.90. The first-order valence-corrected chi connectivity index (χ1v) is 8.32. The molecule has 0 aliphatic carbocycles. The number of rotatable bonds is 4. The van der Waals surface area contributed by atoms with Crippen molar-refractivity contribution >= 4 is 0 Å². The molecule has 28 heavy (non-hydrogen) atoms. The second-order valence-electron chi connectivity index (χ2n) is 6.06. The molecule has 0 atom stereocenters. The highest BCUT2D eigenvalue weighted by Crippen LogP contribution is 2.34. The Balaban J connectivity index is 1.96. The van der Waals surface area contributed by atoms with Gasteiger partial charge in [0, 0.05) is 5.56 Å². The molecule has 0 radical (unpaired) electrons. The summed E-state index contributed by atoms with van der Waals surface area (Å²) in [6, 6.07) is 12.7. The molecule has 3 aromatic carbocycles. The Hall–Kier alpha value is -2.96. The summed E-state index contributed by atoms with van der Waals surface area (Å²) in [7, 11) is 0. The van der Waals surface area contributed by atoms with Crippen molar-refractivity contribution in [1.82, 2.24) is 0 Å². The average Bonchev–Trinajstić information content (AvgIpc) is 2.64. The lowest BCUT2D eigenvalue weighted by Gasteiger charge is -2.13. The molecule has 1 nitrogen and oxygen atoms in total. The molecule has 0 N–H and O–H groups in total. The number of hydrogen-bond acceptors (Lipinski definition) is 1. The molecule has 0 fully saturated rings. The highest BCUT2D eigenvalue weighted by molar-refractivity contribution is 5.71. The molecule has 0 unspecified atom stereocenters. The van der Waals surface area contributed by atoms with Crippen molar-refractivity contribution in [3.8, 4) is 28.0 Å². The Labute approximate surface area is 157 Å². The number of alkyl halides is 3. The van der Waals surface area contributed by atoms with Crippen molar-refractivity contribution in [3.05, 3.63) is 77.6 Å². The second kappa shape index (κ2) is 7.58. The van der Waals surface area contributed by atoms with Gasteiger partial charge in [-0.15, -0.1) is 13.2 Å². The van der Waals surface area contributed by atoms with E-state index in [-0.39, 0.29) is 11.1 Å². The first kappa shape index (κ1) is 19.8. The third-order valence-electron chi connectivity index (χ3n) is 4.19. The minimum Gasteiger partial charge on any atom is -0.399 e. The van der Waals surface area contributed by atoms with Gasteiger partial charge in [0.2, 0.25) is 5.75 Å². The molecule has 3 rings (SSSR count). The van der Waals surface area contributed by atoms with Crippen LogP contribution in [0.5, 0.6) is 5.75 Å². The summed E-state index contributed by atoms with van der Waals surface area (Å²) < 4.78 is 82.3. The van der Waals surface area contributed by atoms with E-state index in [1.807, 2.05) is 31.2 Å². The van der Waals surface area contributed by atoms with Crippen LogP contribution in [0.3, 0.4) is 0 Å². The molecule has 0 saturated carbocycles. The number of ether oxygens (including phenoxy) is 1. The Morgan fingerprint density at radius 3 is 1.75 bits per heavy atom. The van der Waals surface area contributed by atoms with Gasteiger partial charge in [0.1, 0.15) is 5.82 Å². The van der Waals surface area contributed by atoms with Gasteiger partial charge in [-0.2, -0.15) is 0 Å². The first-order valence-electron chi connectivity index (χ1n) is 8.32. The van der Waals surface area contributed by atoms with Gasteiger partial charge in [0.15, 0.2) is 11.6 Å². The van der Waals surface area contributed by atoms with Crippen molar-refractivity contribution in [2.45, 2.75) is 19.7 Å². The van der Waals surface area contributed by atoms with Crippen LogP contribution in [0, 0.1) is 17.5 Å². The lowest BCUT2D eigenvalue weighted by atomic mass is 9.98. The Kier molecular flexibility index (Phi) is 5.36. The second-order valence-corrected chi connectivity index (χ2v) is 6.06. The molecular formula is C21H14F6O. The topological polar surface area (TPSA) is 9.23 Å². The quantitative estimate of drug-likeness (QED) is 0.436. The molecule has 0 saturated heterocycles. The fraction of sp³-hybridized carbons (Fsp3) is 0.143. The number of hydrogen-bond donors (Lipinski definition) is 0. The highest BCUT2D eigenvalue weighted by Gasteiger charge is 2.34. The van der Waals surface area contributed by atoms with E-state index in [2.05, 4.69) is 4.74 Å². The maximum absolute atomic E-state index is 14.5. The zero-order valence-corrected chi connectivity index (χ0v) is 14.6. The molecule has 0 amide bonds. The zero-order valence-electron chi connectivity index (χ0n) is 14.6. The fourth-order valence-corrected chi connectivity index (χ4v) is 2.79. The summed E-state index contributed by atoms with van der Waals surface area (Å²) >= 11 is 0. The minimum atomic E-state index is -5.25. The number of aryl methyl sites for hydroxylation is 1. The summed E-state index contributed by atoms with van der Waals surface area (Å²) in [5.74, 6) is -5.50. The van der Waals surface area contributed by atoms with Crippen molar-refractivity contribution in [1.29, 1.82) is 0 Å². The van der Waals surface area contributed by atoms with Crippen molar-refractivity contribution in [2.75, 3.05) is 0 Å². The van der Waals surface area contributed by atoms with Gasteiger partial charge in [-0.05, 0) is 46.9 Å². The van der Waals surface area contributed by atoms with E-state index < -0.39 is 29.6 Å². The molecule has 3 aromatic rings. The molecule has 0 bridgehead atoms. The largest absolute Gasteiger partial charge is 0.573 e. The lowest BCUT2D eigenvalue weighted by Crippen LogP contribution is -2.19. The van der Waals surface area contributed by atoms with Crippen LogP contribution in [-0.2, 0) is 6.42 Å². The highest BCUT2D eigenvalue weighted by atomic mass is 19.4. The van der Waals surface area contributed by atoms with Crippen LogP contribution in [0.4, 0.5) is 26.3 Å². The van der Waals surface area contributed by atoms with E-state index in [0.29, 0.717) is 17.7 Å². The standard InChI is InChI=1S/C21H14F6O/c1-2-12-3-5-13(6-4-12)14-7-8-16(17(22)9-14)15-10-18(23)20(19(24)11-15)28-21(25,26)27/h3-11H,2H2,1H3. The monoisotopic (exact) mass is 396 g/mol. The molecule has 0 heterocycles. The van der Waals surface area contributed by atoms with Gasteiger partial charge in [0.25, 0.3) is 0 Å². The lowest BCUT2D eigenvalue weighted by molar-refractivity contribution is -0.276. The van der Waals surface area contributed by atoms with Crippen LogP contribution in [0.15, 0.2) is 54.6 Å². The molecule has 0 aliphatic rings. The van der Waals surface area contributed by atoms with Crippen LogP contribution in [0.25, 0.3) is 22.3 Å². The smallest absolute Gasteiger partial charge is 0.399 e. The van der Waals surface area contributed by atoms with Crippen molar-refractivity contribution in [3.63, 3.8) is 0 Å². The fourth-order valence-electron chi connectivity index (χ4n) is 2.79. The number of halogens is 6. The van der Waals surface area contributed by atoms with Crippen LogP contribution in [0.2, 0.25) is 0 Å². The average molecular weight is 396 g/mol. The molecule has 0 aromatic heterocycles. The van der Waals surface area contributed by atoms with Crippen LogP contribution < -0.4 is 4.74 Å². The maximum Gasteiger partial charge on any atom is 0.573 e. The van der Waals surface area contributed by atoms with E-state index >= 15 is 0 Å². The van der Waals surface area contributed by atoms with Gasteiger partial charge in [-0.25, -0.2) is 13.2 Å². The predicted molar refractivity (Wildman–Crippen MR) is 93.2 cm³/mol. The molecule has 0 spiro atoms. The van der Waals surface area contributed by atoms with Crippen LogP contribution in [-0.4, -0.2) is 6.36 Å². The first-order chi connectivity index (χ1) is 13.2. The van der Waals surface area contributed by atoms with Gasteiger partial charge >= 0.3 is 6.36 Å². The summed E-state index contributed by atoms with van der Waals surface area (Å²) in [4.78, 5) is 0. The number of benzene rings is 3. The van der Waals surface area contributed by atoms with Crippen LogP contribution >= 0.6 is 0 Å². The summed E-state index contributed by atoms with van der Waals surface area (Å²) in [6.07, 6.45) is -4.39. The Morgan fingerprint density at radius 1 is 0.714 bits per heavy atom. The Morgan fingerprint density at radius 2 is 1.25 bits per heavy atom. The summed E-state index contributed by atoms with van der Waals surface area (Å²) in [5, 5.41) is 0. The van der Waals surface area contributed by atoms with E-state index in [4.69, 9.17) is 0 Å². The maximum atomic E-state index is 14.5. The normalized spacial score (nSPS) is 11.5. The van der Waals surface area contributed by atoms with Gasteiger partial charge in [0.05, 0.1) is 0 Å². The van der Waals surface area contributed by atoms with E-state index in [9.17, 15) is 26.3 Å². The third kappa shape index (κ3) is 4.30.